The molecule has 0 bridgehead atoms. The van der Waals surface area contributed by atoms with E-state index in [9.17, 15) is 28.8 Å². The molecular weight excluding hydrogens is 747 g/mol. The maximum atomic E-state index is 11.0. The third-order valence-corrected chi connectivity index (χ3v) is 3.31. The summed E-state index contributed by atoms with van der Waals surface area (Å²) in [6.45, 7) is 9.96. The number of nitrogens with one attached hydrogen (secondary N) is 3. The molecule has 0 aliphatic rings. The topological polar surface area (TPSA) is 427 Å². The fraction of sp³-hybridized carbons (Fsp3) is 0.667. The van der Waals surface area contributed by atoms with E-state index in [4.69, 9.17) is 61.5 Å². The standard InChI is InChI=1S/C8H15NO5.C7H14N2O4.C4H8O4.C2H5ClN2O2.C2H2O3.CH4O.ClH.H3N/c1-8(2,3)14-7(12)9-5(10)6(11)13-4;1-7(2,3)13-6(12)9-5(11)4(8)10;1-7-3(5)4(6)8-2;3-5-2(7)1(4)6;3-1-2(4)5;1-2;;/h5,10H,1-4H3,(H,9,12);5,11H,1-3H3,(H2,8,10)(H,9,12);3,5H,1-2H3;2,5,7H,(H2,4,6);1H,(H,4,5);2H,1H3;1H;1H3. The van der Waals surface area contributed by atoms with Crippen molar-refractivity contribution in [2.45, 2.75) is 77.7 Å². The fourth-order valence-electron chi connectivity index (χ4n) is 1.33. The molecule has 0 aromatic rings. The van der Waals surface area contributed by atoms with Crippen molar-refractivity contribution < 1.29 is 92.7 Å². The molecule has 4 atom stereocenters. The van der Waals surface area contributed by atoms with Gasteiger partial charge in [-0.05, 0) is 53.3 Å². The van der Waals surface area contributed by atoms with Crippen molar-refractivity contribution in [3.8, 4) is 0 Å². The van der Waals surface area contributed by atoms with E-state index in [0.717, 1.165) is 14.2 Å². The molecule has 0 radical (unpaired) electrons. The Morgan fingerprint density at radius 3 is 1.14 bits per heavy atom. The van der Waals surface area contributed by atoms with E-state index in [1.165, 1.54) is 14.2 Å². The lowest BCUT2D eigenvalue weighted by molar-refractivity contribution is -0.174. The first-order valence-corrected chi connectivity index (χ1v) is 13.0. The largest absolute Gasteiger partial charge is 0.476 e. The van der Waals surface area contributed by atoms with E-state index in [1.807, 2.05) is 10.6 Å². The van der Waals surface area contributed by atoms with Crippen LogP contribution in [0.1, 0.15) is 41.5 Å². The number of amides is 4. The molecule has 0 heterocycles. The number of carbonyl (C=O) groups is 8. The number of rotatable bonds is 9. The second-order valence-corrected chi connectivity index (χ2v) is 9.72. The number of aliphatic hydroxyl groups excluding tert-OH is 5. The molecule has 0 aliphatic heterocycles. The maximum absolute atomic E-state index is 11.0. The predicted molar refractivity (Wildman–Crippen MR) is 175 cm³/mol. The van der Waals surface area contributed by atoms with Crippen molar-refractivity contribution in [2.75, 3.05) is 28.4 Å². The van der Waals surface area contributed by atoms with Crippen LogP contribution in [0.3, 0.4) is 0 Å². The average molecular weight is 800 g/mol. The summed E-state index contributed by atoms with van der Waals surface area (Å²) in [5, 5.41) is 52.6. The Kier molecular flexibility index (Phi) is 47.4. The fourth-order valence-corrected chi connectivity index (χ4v) is 1.44. The number of hydrogen-bond donors (Lipinski definition) is 12. The van der Waals surface area contributed by atoms with Crippen LogP contribution in [-0.2, 0) is 52.5 Å². The number of halogens is 2. The highest BCUT2D eigenvalue weighted by atomic mass is 35.5. The van der Waals surface area contributed by atoms with E-state index in [-0.39, 0.29) is 24.8 Å². The molecule has 4 amide bonds. The number of esters is 2. The van der Waals surface area contributed by atoms with Gasteiger partial charge < -0.3 is 71.9 Å². The summed E-state index contributed by atoms with van der Waals surface area (Å²) in [6, 6.07) is 0. The number of aliphatic carboxylic acids is 1. The first-order valence-electron chi connectivity index (χ1n) is 12.6. The van der Waals surface area contributed by atoms with Crippen molar-refractivity contribution in [1.29, 1.82) is 0 Å². The molecule has 0 aliphatic carbocycles. The van der Waals surface area contributed by atoms with Gasteiger partial charge in [-0.1, -0.05) is 0 Å². The van der Waals surface area contributed by atoms with E-state index in [1.54, 1.807) is 46.4 Å². The highest BCUT2D eigenvalue weighted by Crippen LogP contribution is 2.07. The van der Waals surface area contributed by atoms with Gasteiger partial charge in [0.25, 0.3) is 18.1 Å². The van der Waals surface area contributed by atoms with Gasteiger partial charge in [-0.3, -0.25) is 25.0 Å². The Balaban J connectivity index is -0.0000000769. The zero-order valence-corrected chi connectivity index (χ0v) is 31.1. The highest BCUT2D eigenvalue weighted by Gasteiger charge is 2.23. The molecule has 25 nitrogen and oxygen atoms in total. The van der Waals surface area contributed by atoms with Gasteiger partial charge in [0.15, 0.2) is 6.23 Å². The van der Waals surface area contributed by atoms with Crippen LogP contribution in [-0.4, -0.2) is 143 Å². The SMILES string of the molecule is CC(C)(C)OC(=O)NC(O)C(N)=O.CO.COC(=O)C(O)NC(=O)OC(C)(C)C.COC(=O)C(O)OC.Cl.N.NC(=O)C(O)NCl.O=CC(=O)O. The summed E-state index contributed by atoms with van der Waals surface area (Å²) in [5.41, 5.74) is 7.84. The number of carbonyl (C=O) groups excluding carboxylic acids is 7. The van der Waals surface area contributed by atoms with Crippen LogP contribution in [0.4, 0.5) is 9.59 Å². The summed E-state index contributed by atoms with van der Waals surface area (Å²) in [5.74, 6) is -5.09. The van der Waals surface area contributed by atoms with Crippen molar-refractivity contribution in [3.05, 3.63) is 0 Å². The molecule has 306 valence electrons. The minimum atomic E-state index is -1.71. The summed E-state index contributed by atoms with van der Waals surface area (Å²) < 4.78 is 22.0. The normalized spacial score (nSPS) is 11.5. The van der Waals surface area contributed by atoms with E-state index < -0.39 is 78.1 Å². The Morgan fingerprint density at radius 2 is 0.980 bits per heavy atom. The Bertz CT molecular complexity index is 997. The molecule has 16 N–H and O–H groups in total. The van der Waals surface area contributed by atoms with Gasteiger partial charge in [0, 0.05) is 14.2 Å². The molecule has 0 rings (SSSR count). The van der Waals surface area contributed by atoms with E-state index in [0.29, 0.717) is 0 Å². The third kappa shape index (κ3) is 55.5. The average Bonchev–Trinajstić information content (AvgIpc) is 2.99. The number of ether oxygens (including phenoxy) is 5. The van der Waals surface area contributed by atoms with Crippen LogP contribution in [0.2, 0.25) is 0 Å². The van der Waals surface area contributed by atoms with Gasteiger partial charge in [0.1, 0.15) is 11.2 Å². The second-order valence-electron chi connectivity index (χ2n) is 9.50. The molecule has 0 fully saturated rings. The van der Waals surface area contributed by atoms with Crippen molar-refractivity contribution in [1.82, 2.24) is 21.6 Å². The number of primary amides is 2. The first-order chi connectivity index (χ1) is 22.1. The van der Waals surface area contributed by atoms with Crippen LogP contribution in [0.5, 0.6) is 0 Å². The molecular formula is C24H52Cl2N6O19. The monoisotopic (exact) mass is 798 g/mol. The van der Waals surface area contributed by atoms with Gasteiger partial charge in [0.2, 0.25) is 18.7 Å². The molecule has 0 saturated heterocycles. The van der Waals surface area contributed by atoms with E-state index in [2.05, 4.69) is 25.7 Å². The van der Waals surface area contributed by atoms with Crippen LogP contribution < -0.4 is 33.1 Å². The molecule has 27 heteroatoms. The van der Waals surface area contributed by atoms with Crippen molar-refractivity contribution in [2.24, 2.45) is 11.5 Å². The third-order valence-electron chi connectivity index (χ3n) is 3.10. The lowest BCUT2D eigenvalue weighted by atomic mass is 10.2. The van der Waals surface area contributed by atoms with Crippen LogP contribution in [0.25, 0.3) is 0 Å². The molecule has 0 aromatic heterocycles. The van der Waals surface area contributed by atoms with Gasteiger partial charge in [0.05, 0.1) is 14.2 Å². The van der Waals surface area contributed by atoms with Gasteiger partial charge in [-0.15, -0.1) is 12.4 Å². The smallest absolute Gasteiger partial charge is 0.410 e. The van der Waals surface area contributed by atoms with Gasteiger partial charge in [-0.25, -0.2) is 24.0 Å². The van der Waals surface area contributed by atoms with Gasteiger partial charge >= 0.3 is 30.1 Å². The van der Waals surface area contributed by atoms with Crippen LogP contribution >= 0.6 is 24.2 Å². The molecule has 0 aromatic carbocycles. The maximum Gasteiger partial charge on any atom is 0.410 e. The van der Waals surface area contributed by atoms with Gasteiger partial charge in [-0.2, -0.15) is 4.84 Å². The Morgan fingerprint density at radius 1 is 0.686 bits per heavy atom. The van der Waals surface area contributed by atoms with Crippen LogP contribution in [0.15, 0.2) is 0 Å². The highest BCUT2D eigenvalue weighted by molar-refractivity contribution is 6.19. The van der Waals surface area contributed by atoms with Crippen molar-refractivity contribution in [3.63, 3.8) is 0 Å². The molecule has 0 saturated carbocycles. The molecule has 51 heavy (non-hydrogen) atoms. The lowest BCUT2D eigenvalue weighted by Crippen LogP contribution is -2.46. The molecule has 0 spiro atoms. The first kappa shape index (κ1) is 65.2. The second kappa shape index (κ2) is 37.1. The minimum Gasteiger partial charge on any atom is -0.476 e. The number of hydrogen-bond acceptors (Lipinski definition) is 20. The number of nitrogens with two attached hydrogens (primary N) is 2. The lowest BCUT2D eigenvalue weighted by Gasteiger charge is -2.20. The number of carboxylic acid groups (broad SMARTS) is 1. The zero-order valence-electron chi connectivity index (χ0n) is 29.5. The van der Waals surface area contributed by atoms with Crippen LogP contribution in [0, 0.1) is 0 Å². The molecule has 4 unspecified atom stereocenters. The number of alkyl carbamates (subject to hydrolysis) is 2. The van der Waals surface area contributed by atoms with E-state index >= 15 is 0 Å². The minimum absolute atomic E-state index is 0. The quantitative estimate of drug-likeness (QED) is 0.0268. The zero-order chi connectivity index (χ0) is 40.7. The number of aliphatic hydroxyl groups is 5. The summed E-state index contributed by atoms with van der Waals surface area (Å²) in [7, 11) is 4.48. The summed E-state index contributed by atoms with van der Waals surface area (Å²) in [4.78, 5) is 82.4. The number of carboxylic acids is 1. The number of aldehydes is 1. The summed E-state index contributed by atoms with van der Waals surface area (Å²) in [6.07, 6.45) is -8.24. The Labute approximate surface area is 304 Å². The van der Waals surface area contributed by atoms with Crippen molar-refractivity contribution >= 4 is 72.4 Å². The predicted octanol–water partition coefficient (Wildman–Crippen LogP) is -3.56. The summed E-state index contributed by atoms with van der Waals surface area (Å²) >= 11 is 4.75. The number of methoxy groups -OCH3 is 3. The Hall–Kier alpha value is -4.18.